The number of aromatic nitrogens is 1. The molecule has 26 heavy (non-hydrogen) atoms. The highest BCUT2D eigenvalue weighted by Crippen LogP contribution is 2.26. The Labute approximate surface area is 153 Å². The molecule has 2 unspecified atom stereocenters. The van der Waals surface area contributed by atoms with Crippen molar-refractivity contribution in [2.75, 3.05) is 13.1 Å². The van der Waals surface area contributed by atoms with Crippen LogP contribution in [0.2, 0.25) is 0 Å². The molecule has 0 amide bonds. The minimum absolute atomic E-state index is 0.0577. The van der Waals surface area contributed by atoms with E-state index in [4.69, 9.17) is 4.74 Å². The summed E-state index contributed by atoms with van der Waals surface area (Å²) in [5.41, 5.74) is 1.06. The molecule has 1 aliphatic heterocycles. The molecule has 1 fully saturated rings. The van der Waals surface area contributed by atoms with Crippen molar-refractivity contribution in [2.45, 2.75) is 26.9 Å². The van der Waals surface area contributed by atoms with E-state index < -0.39 is 0 Å². The molecule has 1 N–H and O–H groups in total. The third kappa shape index (κ3) is 4.12. The zero-order valence-corrected chi connectivity index (χ0v) is 15.1. The Morgan fingerprint density at radius 2 is 1.96 bits per heavy atom. The van der Waals surface area contributed by atoms with Crippen LogP contribution in [-0.2, 0) is 6.61 Å². The summed E-state index contributed by atoms with van der Waals surface area (Å²) >= 11 is 0. The molecule has 138 valence electrons. The van der Waals surface area contributed by atoms with E-state index in [1.54, 1.807) is 30.5 Å². The number of benzene rings is 1. The second-order valence-corrected chi connectivity index (χ2v) is 7.01. The molecule has 0 radical (unpaired) electrons. The molecule has 2 aromatic rings. The van der Waals surface area contributed by atoms with Gasteiger partial charge in [-0.1, -0.05) is 37.2 Å². The van der Waals surface area contributed by atoms with Gasteiger partial charge in [-0.15, -0.1) is 0 Å². The van der Waals surface area contributed by atoms with Crippen LogP contribution in [0.3, 0.4) is 0 Å². The third-order valence-corrected chi connectivity index (χ3v) is 4.60. The molecule has 0 aliphatic carbocycles. The lowest BCUT2D eigenvalue weighted by Gasteiger charge is -2.36. The average molecular weight is 357 g/mol. The first-order valence-corrected chi connectivity index (χ1v) is 8.87. The van der Waals surface area contributed by atoms with Crippen LogP contribution in [0.4, 0.5) is 4.39 Å². The minimum atomic E-state index is -0.320. The highest BCUT2D eigenvalue weighted by molar-refractivity contribution is 6.00. The zero-order chi connectivity index (χ0) is 18.5. The van der Waals surface area contributed by atoms with Gasteiger partial charge in [-0.2, -0.15) is 0 Å². The number of nitrogens with zero attached hydrogens (tertiary/aromatic N) is 3. The molecule has 1 aliphatic rings. The molecular weight excluding hydrogens is 333 g/mol. The molecule has 2 atom stereocenters. The second-order valence-electron chi connectivity index (χ2n) is 7.01. The molecule has 0 spiro atoms. The van der Waals surface area contributed by atoms with E-state index in [0.29, 0.717) is 34.7 Å². The first-order valence-electron chi connectivity index (χ1n) is 8.87. The van der Waals surface area contributed by atoms with E-state index >= 15 is 0 Å². The molecular formula is C20H24FN3O2. The average Bonchev–Trinajstić information content (AvgIpc) is 2.62. The molecule has 2 heterocycles. The standard InChI is InChI=1S/C20H24FN3O2/c1-14-10-15(2)12-24(11-14)19(23-25)17-7-5-9-22-20(17)26-13-16-6-3-4-8-18(16)21/h3-9,14-15,25H,10-13H2,1-2H3/b23-19-. The van der Waals surface area contributed by atoms with Crippen molar-refractivity contribution in [1.82, 2.24) is 9.88 Å². The molecule has 0 saturated carbocycles. The first kappa shape index (κ1) is 18.2. The third-order valence-electron chi connectivity index (χ3n) is 4.60. The maximum absolute atomic E-state index is 13.8. The molecule has 5 nitrogen and oxygen atoms in total. The van der Waals surface area contributed by atoms with Gasteiger partial charge in [0.1, 0.15) is 12.4 Å². The van der Waals surface area contributed by atoms with Gasteiger partial charge in [0.2, 0.25) is 5.88 Å². The van der Waals surface area contributed by atoms with Crippen LogP contribution in [0.25, 0.3) is 0 Å². The van der Waals surface area contributed by atoms with Crippen LogP contribution in [-0.4, -0.2) is 34.0 Å². The van der Waals surface area contributed by atoms with Crippen molar-refractivity contribution in [3.05, 3.63) is 59.5 Å². The van der Waals surface area contributed by atoms with Gasteiger partial charge in [-0.25, -0.2) is 9.37 Å². The first-order chi connectivity index (χ1) is 12.6. The number of halogens is 1. The Bertz CT molecular complexity index is 771. The largest absolute Gasteiger partial charge is 0.472 e. The fourth-order valence-electron chi connectivity index (χ4n) is 3.56. The highest BCUT2D eigenvalue weighted by atomic mass is 19.1. The summed E-state index contributed by atoms with van der Waals surface area (Å²) in [6.07, 6.45) is 2.76. The lowest BCUT2D eigenvalue weighted by molar-refractivity contribution is 0.203. The fraction of sp³-hybridized carbons (Fsp3) is 0.400. The zero-order valence-electron chi connectivity index (χ0n) is 15.1. The van der Waals surface area contributed by atoms with E-state index in [1.807, 2.05) is 6.07 Å². The van der Waals surface area contributed by atoms with Crippen LogP contribution in [0.5, 0.6) is 5.88 Å². The quantitative estimate of drug-likeness (QED) is 0.390. The van der Waals surface area contributed by atoms with Crippen LogP contribution < -0.4 is 4.74 Å². The molecule has 1 saturated heterocycles. The second kappa shape index (κ2) is 8.17. The highest BCUT2D eigenvalue weighted by Gasteiger charge is 2.27. The van der Waals surface area contributed by atoms with Gasteiger partial charge < -0.3 is 14.8 Å². The minimum Gasteiger partial charge on any atom is -0.472 e. The van der Waals surface area contributed by atoms with Crippen molar-refractivity contribution in [3.63, 3.8) is 0 Å². The summed E-state index contributed by atoms with van der Waals surface area (Å²) < 4.78 is 19.6. The van der Waals surface area contributed by atoms with Crippen molar-refractivity contribution >= 4 is 5.84 Å². The van der Waals surface area contributed by atoms with Gasteiger partial charge in [0.05, 0.1) is 5.56 Å². The van der Waals surface area contributed by atoms with E-state index in [0.717, 1.165) is 19.5 Å². The van der Waals surface area contributed by atoms with E-state index in [9.17, 15) is 9.60 Å². The maximum atomic E-state index is 13.8. The number of pyridine rings is 1. The SMILES string of the molecule is CC1CC(C)CN(/C(=N\O)c2cccnc2OCc2ccccc2F)C1. The lowest BCUT2D eigenvalue weighted by atomic mass is 9.91. The maximum Gasteiger partial charge on any atom is 0.224 e. The molecule has 3 rings (SSSR count). The van der Waals surface area contributed by atoms with E-state index in [2.05, 4.69) is 28.9 Å². The van der Waals surface area contributed by atoms with Gasteiger partial charge in [0.25, 0.3) is 0 Å². The van der Waals surface area contributed by atoms with Gasteiger partial charge in [0, 0.05) is 24.8 Å². The number of likely N-dealkylation sites (tertiary alicyclic amines) is 1. The van der Waals surface area contributed by atoms with Gasteiger partial charge in [-0.05, 0) is 36.5 Å². The normalized spacial score (nSPS) is 20.9. The molecule has 1 aromatic carbocycles. The predicted molar refractivity (Wildman–Crippen MR) is 97.8 cm³/mol. The number of hydrogen-bond donors (Lipinski definition) is 1. The number of amidine groups is 1. The van der Waals surface area contributed by atoms with E-state index in [1.165, 1.54) is 6.07 Å². The summed E-state index contributed by atoms with van der Waals surface area (Å²) in [5, 5.41) is 13.2. The van der Waals surface area contributed by atoms with Gasteiger partial charge >= 0.3 is 0 Å². The Morgan fingerprint density at radius 1 is 1.23 bits per heavy atom. The number of rotatable bonds is 4. The Hall–Kier alpha value is -2.63. The van der Waals surface area contributed by atoms with Crippen LogP contribution >= 0.6 is 0 Å². The topological polar surface area (TPSA) is 58.0 Å². The van der Waals surface area contributed by atoms with Crippen LogP contribution in [0, 0.1) is 17.7 Å². The lowest BCUT2D eigenvalue weighted by Crippen LogP contribution is -2.43. The molecule has 0 bridgehead atoms. The van der Waals surface area contributed by atoms with E-state index in [-0.39, 0.29) is 12.4 Å². The summed E-state index contributed by atoms with van der Waals surface area (Å²) in [6.45, 7) is 6.06. The number of ether oxygens (including phenoxy) is 1. The van der Waals surface area contributed by atoms with Crippen molar-refractivity contribution in [2.24, 2.45) is 17.0 Å². The summed E-state index contributed by atoms with van der Waals surface area (Å²) in [5.74, 6) is 1.47. The Morgan fingerprint density at radius 3 is 2.65 bits per heavy atom. The van der Waals surface area contributed by atoms with Gasteiger partial charge in [-0.3, -0.25) is 0 Å². The predicted octanol–water partition coefficient (Wildman–Crippen LogP) is 3.91. The Balaban J connectivity index is 1.82. The summed E-state index contributed by atoms with van der Waals surface area (Å²) in [7, 11) is 0. The number of oxime groups is 1. The van der Waals surface area contributed by atoms with Gasteiger partial charge in [0.15, 0.2) is 5.84 Å². The van der Waals surface area contributed by atoms with Crippen molar-refractivity contribution < 1.29 is 14.3 Å². The fourth-order valence-corrected chi connectivity index (χ4v) is 3.56. The van der Waals surface area contributed by atoms with Crippen LogP contribution in [0.15, 0.2) is 47.8 Å². The van der Waals surface area contributed by atoms with Crippen LogP contribution in [0.1, 0.15) is 31.4 Å². The smallest absolute Gasteiger partial charge is 0.224 e. The molecule has 6 heteroatoms. The summed E-state index contributed by atoms with van der Waals surface area (Å²) in [6, 6.07) is 10.1. The number of piperidine rings is 1. The van der Waals surface area contributed by atoms with Crippen molar-refractivity contribution in [3.8, 4) is 5.88 Å². The summed E-state index contributed by atoms with van der Waals surface area (Å²) in [4.78, 5) is 6.32. The Kier molecular flexibility index (Phi) is 5.71. The number of hydrogen-bond acceptors (Lipinski definition) is 4. The monoisotopic (exact) mass is 357 g/mol. The molecule has 1 aromatic heterocycles. The van der Waals surface area contributed by atoms with Crippen molar-refractivity contribution in [1.29, 1.82) is 0 Å².